The second-order valence-electron chi connectivity index (χ2n) is 6.83. The van der Waals surface area contributed by atoms with Crippen LogP contribution in [0.5, 0.6) is 0 Å². The van der Waals surface area contributed by atoms with Crippen LogP contribution in [0.2, 0.25) is 0 Å². The highest BCUT2D eigenvalue weighted by molar-refractivity contribution is 6.30. The quantitative estimate of drug-likeness (QED) is 0.755. The van der Waals surface area contributed by atoms with Crippen LogP contribution in [0.4, 0.5) is 0 Å². The lowest BCUT2D eigenvalue weighted by atomic mass is 9.44. The summed E-state index contributed by atoms with van der Waals surface area (Å²) in [6.07, 6.45) is 7.07. The number of aliphatic carboxylic acids is 1. The zero-order valence-electron chi connectivity index (χ0n) is 9.71. The van der Waals surface area contributed by atoms with Gasteiger partial charge < -0.3 is 5.11 Å². The largest absolute Gasteiger partial charge is 0.480 e. The average molecular weight is 243 g/mol. The van der Waals surface area contributed by atoms with E-state index in [1.165, 1.54) is 19.3 Å². The van der Waals surface area contributed by atoms with Crippen molar-refractivity contribution in [1.29, 1.82) is 0 Å². The summed E-state index contributed by atoms with van der Waals surface area (Å²) in [5.41, 5.74) is 0.291. The van der Waals surface area contributed by atoms with Gasteiger partial charge in [0.15, 0.2) is 0 Å². The zero-order chi connectivity index (χ0) is 11.6. The van der Waals surface area contributed by atoms with Crippen LogP contribution < -0.4 is 0 Å². The van der Waals surface area contributed by atoms with E-state index in [-0.39, 0.29) is 5.41 Å². The fourth-order valence-corrected chi connectivity index (χ4v) is 5.61. The maximum Gasteiger partial charge on any atom is 0.322 e. The van der Waals surface area contributed by atoms with Crippen molar-refractivity contribution in [1.82, 2.24) is 0 Å². The third-order valence-electron chi connectivity index (χ3n) is 5.15. The van der Waals surface area contributed by atoms with Crippen molar-refractivity contribution in [3.05, 3.63) is 0 Å². The molecule has 4 fully saturated rings. The van der Waals surface area contributed by atoms with Crippen molar-refractivity contribution in [3.63, 3.8) is 0 Å². The molecule has 0 amide bonds. The lowest BCUT2D eigenvalue weighted by Gasteiger charge is -2.62. The molecule has 0 spiro atoms. The van der Waals surface area contributed by atoms with E-state index >= 15 is 0 Å². The third kappa shape index (κ3) is 1.42. The first-order valence-corrected chi connectivity index (χ1v) is 6.73. The number of hydrogen-bond donors (Lipinski definition) is 1. The van der Waals surface area contributed by atoms with Crippen LogP contribution in [0.1, 0.15) is 45.4 Å². The van der Waals surface area contributed by atoms with Gasteiger partial charge >= 0.3 is 5.97 Å². The Morgan fingerprint density at radius 3 is 2.31 bits per heavy atom. The van der Waals surface area contributed by atoms with Gasteiger partial charge in [0.25, 0.3) is 0 Å². The summed E-state index contributed by atoms with van der Waals surface area (Å²) in [4.78, 5) is 11.2. The van der Waals surface area contributed by atoms with E-state index in [9.17, 15) is 9.90 Å². The van der Waals surface area contributed by atoms with Gasteiger partial charge in [0.05, 0.1) is 0 Å². The van der Waals surface area contributed by atoms with Gasteiger partial charge in [-0.2, -0.15) is 0 Å². The number of carbonyl (C=O) groups is 1. The molecule has 2 unspecified atom stereocenters. The maximum atomic E-state index is 11.2. The highest BCUT2D eigenvalue weighted by Gasteiger charge is 2.59. The molecule has 0 aromatic rings. The minimum atomic E-state index is -0.813. The molecule has 4 rings (SSSR count). The minimum absolute atomic E-state index is 0.0910. The second-order valence-corrected chi connectivity index (χ2v) is 7.27. The molecule has 4 aliphatic carbocycles. The Hall–Kier alpha value is -0.240. The van der Waals surface area contributed by atoms with Gasteiger partial charge in [0.1, 0.15) is 5.38 Å². The molecule has 3 heteroatoms. The van der Waals surface area contributed by atoms with Crippen molar-refractivity contribution in [2.75, 3.05) is 0 Å². The molecule has 0 heterocycles. The van der Waals surface area contributed by atoms with Gasteiger partial charge in [0.2, 0.25) is 0 Å². The molecular weight excluding hydrogens is 224 g/mol. The van der Waals surface area contributed by atoms with Gasteiger partial charge in [-0.15, -0.1) is 11.6 Å². The predicted octanol–water partition coefficient (Wildman–Crippen LogP) is 3.28. The van der Waals surface area contributed by atoms with Gasteiger partial charge in [-0.05, 0) is 61.2 Å². The van der Waals surface area contributed by atoms with Crippen LogP contribution in [-0.4, -0.2) is 16.5 Å². The van der Waals surface area contributed by atoms with Gasteiger partial charge in [-0.25, -0.2) is 0 Å². The Bertz CT molecular complexity index is 325. The molecule has 4 aliphatic rings. The van der Waals surface area contributed by atoms with Crippen LogP contribution in [0, 0.1) is 22.7 Å². The summed E-state index contributed by atoms with van der Waals surface area (Å²) in [5.74, 6) is 0.672. The number of carboxylic acid groups (broad SMARTS) is 1. The fourth-order valence-electron chi connectivity index (χ4n) is 5.36. The average Bonchev–Trinajstić information content (AvgIpc) is 2.12. The SMILES string of the molecule is CC12C[C@H]3C[C@@H](C1)CC([C@@H](Cl)C(=O)O)(C3)C2. The van der Waals surface area contributed by atoms with Crippen molar-refractivity contribution < 1.29 is 9.90 Å². The molecule has 0 aromatic carbocycles. The molecule has 90 valence electrons. The smallest absolute Gasteiger partial charge is 0.322 e. The Morgan fingerprint density at radius 2 is 1.88 bits per heavy atom. The first-order chi connectivity index (χ1) is 7.42. The van der Waals surface area contributed by atoms with E-state index in [1.54, 1.807) is 0 Å². The molecule has 4 saturated carbocycles. The van der Waals surface area contributed by atoms with Gasteiger partial charge in [0, 0.05) is 0 Å². The summed E-state index contributed by atoms with van der Waals surface area (Å²) in [7, 11) is 0. The highest BCUT2D eigenvalue weighted by atomic mass is 35.5. The summed E-state index contributed by atoms with van der Waals surface area (Å²) in [6, 6.07) is 0. The molecule has 0 saturated heterocycles. The van der Waals surface area contributed by atoms with Crippen LogP contribution in [0.25, 0.3) is 0 Å². The first-order valence-electron chi connectivity index (χ1n) is 6.29. The standard InChI is InChI=1S/C13H19ClO2/c1-12-3-8-2-9(4-12)6-13(5-8,7-12)10(14)11(15)16/h8-10H,2-7H2,1H3,(H,15,16)/t8-,9+,10-,12?,13?/m0/s1. The second kappa shape index (κ2) is 3.16. The van der Waals surface area contributed by atoms with Crippen molar-refractivity contribution >= 4 is 17.6 Å². The predicted molar refractivity (Wildman–Crippen MR) is 62.5 cm³/mol. The lowest BCUT2D eigenvalue weighted by molar-refractivity contribution is -0.149. The molecule has 2 nitrogen and oxygen atoms in total. The van der Waals surface area contributed by atoms with Crippen LogP contribution in [0.15, 0.2) is 0 Å². The number of alkyl halides is 1. The van der Waals surface area contributed by atoms with Crippen molar-refractivity contribution in [2.24, 2.45) is 22.7 Å². The number of rotatable bonds is 2. The molecule has 16 heavy (non-hydrogen) atoms. The molecule has 5 atom stereocenters. The monoisotopic (exact) mass is 242 g/mol. The number of carboxylic acids is 1. The molecule has 4 bridgehead atoms. The molecular formula is C13H19ClO2. The maximum absolute atomic E-state index is 11.2. The lowest BCUT2D eigenvalue weighted by Crippen LogP contribution is -2.55. The van der Waals surface area contributed by atoms with E-state index in [1.807, 2.05) is 0 Å². The topological polar surface area (TPSA) is 37.3 Å². The summed E-state index contributed by atoms with van der Waals surface area (Å²) >= 11 is 6.20. The van der Waals surface area contributed by atoms with Crippen LogP contribution in [-0.2, 0) is 4.79 Å². The van der Waals surface area contributed by atoms with E-state index in [4.69, 9.17) is 11.6 Å². The minimum Gasteiger partial charge on any atom is -0.480 e. The summed E-state index contributed by atoms with van der Waals surface area (Å²) < 4.78 is 0. The van der Waals surface area contributed by atoms with Crippen molar-refractivity contribution in [3.8, 4) is 0 Å². The summed E-state index contributed by atoms with van der Waals surface area (Å²) in [5, 5.41) is 8.53. The van der Waals surface area contributed by atoms with Gasteiger partial charge in [-0.3, -0.25) is 4.79 Å². The Kier molecular flexibility index (Phi) is 2.15. The fraction of sp³-hybridized carbons (Fsp3) is 0.923. The molecule has 1 N–H and O–H groups in total. The van der Waals surface area contributed by atoms with Crippen molar-refractivity contribution in [2.45, 2.75) is 50.8 Å². The number of halogens is 1. The Balaban J connectivity index is 1.94. The Morgan fingerprint density at radius 1 is 1.31 bits per heavy atom. The normalized spacial score (nSPS) is 51.6. The van der Waals surface area contributed by atoms with Gasteiger partial charge in [-0.1, -0.05) is 6.92 Å². The molecule has 0 aliphatic heterocycles. The molecule has 0 aromatic heterocycles. The van der Waals surface area contributed by atoms with E-state index in [0.29, 0.717) is 5.41 Å². The highest BCUT2D eigenvalue weighted by Crippen LogP contribution is 2.66. The Labute approximate surface area is 101 Å². The van der Waals surface area contributed by atoms with Crippen LogP contribution >= 0.6 is 11.6 Å². The van der Waals surface area contributed by atoms with E-state index < -0.39 is 11.3 Å². The summed E-state index contributed by atoms with van der Waals surface area (Å²) in [6.45, 7) is 2.34. The van der Waals surface area contributed by atoms with E-state index in [0.717, 1.165) is 31.1 Å². The van der Waals surface area contributed by atoms with E-state index in [2.05, 4.69) is 6.92 Å². The van der Waals surface area contributed by atoms with Crippen LogP contribution in [0.3, 0.4) is 0 Å². The molecule has 0 radical (unpaired) electrons. The third-order valence-corrected chi connectivity index (χ3v) is 5.80. The first kappa shape index (κ1) is 10.9. The zero-order valence-corrected chi connectivity index (χ0v) is 10.5. The number of hydrogen-bond acceptors (Lipinski definition) is 1.